The van der Waals surface area contributed by atoms with E-state index in [-0.39, 0.29) is 22.9 Å². The first kappa shape index (κ1) is 21.9. The van der Waals surface area contributed by atoms with Crippen LogP contribution >= 0.6 is 0 Å². The number of aryl methyl sites for hydroxylation is 1. The van der Waals surface area contributed by atoms with Crippen LogP contribution in [-0.2, 0) is 19.6 Å². The van der Waals surface area contributed by atoms with Crippen molar-refractivity contribution in [2.24, 2.45) is 0 Å². The number of hydrogen-bond acceptors (Lipinski definition) is 7. The van der Waals surface area contributed by atoms with Crippen LogP contribution in [-0.4, -0.2) is 39.6 Å². The normalized spacial score (nSPS) is 10.8. The van der Waals surface area contributed by atoms with Crippen molar-refractivity contribution in [1.82, 2.24) is 0 Å². The Morgan fingerprint density at radius 3 is 2.45 bits per heavy atom. The van der Waals surface area contributed by atoms with Gasteiger partial charge in [0, 0.05) is 12.1 Å². The Kier molecular flexibility index (Phi) is 6.94. The van der Waals surface area contributed by atoms with Crippen molar-refractivity contribution in [3.05, 3.63) is 70.8 Å². The molecule has 154 valence electrons. The zero-order valence-corrected chi connectivity index (χ0v) is 16.7. The second-order valence-electron chi connectivity index (χ2n) is 5.89. The molecular weight excluding hydrogens is 400 g/mol. The molecule has 0 spiro atoms. The van der Waals surface area contributed by atoms with Gasteiger partial charge in [-0.15, -0.1) is 0 Å². The third-order valence-corrected chi connectivity index (χ3v) is 5.86. The Balaban J connectivity index is 2.54. The molecule has 2 rings (SSSR count). The average Bonchev–Trinajstić information content (AvgIpc) is 2.70. The summed E-state index contributed by atoms with van der Waals surface area (Å²) in [5, 5.41) is 11.1. The Labute approximate surface area is 168 Å². The average molecular weight is 420 g/mol. The molecule has 0 fully saturated rings. The van der Waals surface area contributed by atoms with E-state index in [2.05, 4.69) is 11.3 Å². The SMILES string of the molecule is C=CCOc1ccc(N(CC(=O)OC)S(=O)(=O)c2cc([N+](=O)[O-])ccc2C)cc1. The van der Waals surface area contributed by atoms with Crippen molar-refractivity contribution in [1.29, 1.82) is 0 Å². The number of nitrogens with zero attached hydrogens (tertiary/aromatic N) is 2. The number of rotatable bonds is 9. The molecule has 10 heteroatoms. The van der Waals surface area contributed by atoms with Crippen molar-refractivity contribution >= 4 is 27.4 Å². The van der Waals surface area contributed by atoms with Crippen LogP contribution < -0.4 is 9.04 Å². The van der Waals surface area contributed by atoms with Crippen molar-refractivity contribution in [3.8, 4) is 5.75 Å². The molecule has 0 heterocycles. The molecule has 0 aliphatic carbocycles. The first-order valence-corrected chi connectivity index (χ1v) is 9.83. The molecule has 0 radical (unpaired) electrons. The number of hydrogen-bond donors (Lipinski definition) is 0. The van der Waals surface area contributed by atoms with Crippen LogP contribution in [0.25, 0.3) is 0 Å². The van der Waals surface area contributed by atoms with Crippen molar-refractivity contribution in [3.63, 3.8) is 0 Å². The summed E-state index contributed by atoms with van der Waals surface area (Å²) in [6.45, 7) is 4.73. The van der Waals surface area contributed by atoms with Gasteiger partial charge in [-0.25, -0.2) is 8.42 Å². The molecule has 0 atom stereocenters. The molecule has 0 aliphatic rings. The minimum Gasteiger partial charge on any atom is -0.490 e. The summed E-state index contributed by atoms with van der Waals surface area (Å²) in [4.78, 5) is 22.0. The van der Waals surface area contributed by atoms with E-state index in [4.69, 9.17) is 4.74 Å². The molecule has 0 saturated carbocycles. The van der Waals surface area contributed by atoms with Crippen LogP contribution in [0.2, 0.25) is 0 Å². The number of carbonyl (C=O) groups is 1. The number of anilines is 1. The summed E-state index contributed by atoms with van der Waals surface area (Å²) in [6, 6.07) is 9.53. The summed E-state index contributed by atoms with van der Waals surface area (Å²) in [7, 11) is -3.17. The smallest absolute Gasteiger partial charge is 0.326 e. The molecule has 0 bridgehead atoms. The summed E-state index contributed by atoms with van der Waals surface area (Å²) in [5.74, 6) is -0.306. The number of sulfonamides is 1. The van der Waals surface area contributed by atoms with E-state index in [0.29, 0.717) is 11.3 Å². The fourth-order valence-corrected chi connectivity index (χ4v) is 4.12. The minimum absolute atomic E-state index is 0.173. The maximum absolute atomic E-state index is 13.3. The Hall–Kier alpha value is -3.40. The van der Waals surface area contributed by atoms with Gasteiger partial charge >= 0.3 is 5.97 Å². The highest BCUT2D eigenvalue weighted by atomic mass is 32.2. The molecule has 0 amide bonds. The van der Waals surface area contributed by atoms with Gasteiger partial charge in [0.1, 0.15) is 18.9 Å². The molecule has 2 aromatic rings. The Morgan fingerprint density at radius 1 is 1.24 bits per heavy atom. The van der Waals surface area contributed by atoms with Crippen LogP contribution in [0, 0.1) is 17.0 Å². The molecule has 0 aliphatic heterocycles. The summed E-state index contributed by atoms with van der Waals surface area (Å²) >= 11 is 0. The maximum atomic E-state index is 13.3. The van der Waals surface area contributed by atoms with Crippen LogP contribution in [0.15, 0.2) is 60.0 Å². The standard InChI is InChI=1S/C19H20N2O7S/c1-4-11-28-17-9-7-15(8-10-17)20(13-19(22)27-3)29(25,26)18-12-16(21(23)24)6-5-14(18)2/h4-10,12H,1,11,13H2,2-3H3. The lowest BCUT2D eigenvalue weighted by atomic mass is 10.2. The van der Waals surface area contributed by atoms with E-state index in [1.165, 1.54) is 31.2 Å². The summed E-state index contributed by atoms with van der Waals surface area (Å²) < 4.78 is 37.4. The molecule has 29 heavy (non-hydrogen) atoms. The Morgan fingerprint density at radius 2 is 1.90 bits per heavy atom. The van der Waals surface area contributed by atoms with E-state index >= 15 is 0 Å². The third kappa shape index (κ3) is 5.11. The van der Waals surface area contributed by atoms with Crippen LogP contribution in [0.3, 0.4) is 0 Å². The molecular formula is C19H20N2O7S. The van der Waals surface area contributed by atoms with Gasteiger partial charge in [0.2, 0.25) is 0 Å². The molecule has 0 N–H and O–H groups in total. The van der Waals surface area contributed by atoms with Gasteiger partial charge in [0.15, 0.2) is 0 Å². The van der Waals surface area contributed by atoms with Gasteiger partial charge in [-0.2, -0.15) is 0 Å². The fourth-order valence-electron chi connectivity index (χ4n) is 2.46. The molecule has 0 aromatic heterocycles. The highest BCUT2D eigenvalue weighted by molar-refractivity contribution is 7.93. The van der Waals surface area contributed by atoms with Crippen LogP contribution in [0.5, 0.6) is 5.75 Å². The van der Waals surface area contributed by atoms with E-state index in [1.807, 2.05) is 0 Å². The highest BCUT2D eigenvalue weighted by Gasteiger charge is 2.30. The van der Waals surface area contributed by atoms with E-state index in [9.17, 15) is 23.3 Å². The summed E-state index contributed by atoms with van der Waals surface area (Å²) in [5.41, 5.74) is 0.101. The van der Waals surface area contributed by atoms with Crippen LogP contribution in [0.1, 0.15) is 5.56 Å². The number of methoxy groups -OCH3 is 1. The van der Waals surface area contributed by atoms with Crippen molar-refractivity contribution < 1.29 is 27.6 Å². The van der Waals surface area contributed by atoms with E-state index in [0.717, 1.165) is 17.5 Å². The van der Waals surface area contributed by atoms with Gasteiger partial charge in [0.25, 0.3) is 15.7 Å². The molecule has 0 saturated heterocycles. The molecule has 2 aromatic carbocycles. The van der Waals surface area contributed by atoms with Gasteiger partial charge in [-0.05, 0) is 36.8 Å². The zero-order chi connectivity index (χ0) is 21.6. The van der Waals surface area contributed by atoms with Gasteiger partial charge in [-0.1, -0.05) is 18.7 Å². The largest absolute Gasteiger partial charge is 0.490 e. The number of non-ortho nitro benzene ring substituents is 1. The van der Waals surface area contributed by atoms with Gasteiger partial charge < -0.3 is 9.47 Å². The lowest BCUT2D eigenvalue weighted by Crippen LogP contribution is -2.36. The molecule has 0 unspecified atom stereocenters. The van der Waals surface area contributed by atoms with E-state index in [1.54, 1.807) is 18.2 Å². The highest BCUT2D eigenvalue weighted by Crippen LogP contribution is 2.29. The number of ether oxygens (including phenoxy) is 2. The number of esters is 1. The van der Waals surface area contributed by atoms with Gasteiger partial charge in [-0.3, -0.25) is 19.2 Å². The first-order valence-electron chi connectivity index (χ1n) is 8.39. The fraction of sp³-hybridized carbons (Fsp3) is 0.211. The lowest BCUT2D eigenvalue weighted by molar-refractivity contribution is -0.385. The predicted molar refractivity (Wildman–Crippen MR) is 107 cm³/mol. The van der Waals surface area contributed by atoms with Crippen molar-refractivity contribution in [2.45, 2.75) is 11.8 Å². The monoisotopic (exact) mass is 420 g/mol. The second-order valence-corrected chi connectivity index (χ2v) is 7.72. The number of carbonyl (C=O) groups excluding carboxylic acids is 1. The maximum Gasteiger partial charge on any atom is 0.326 e. The number of nitro groups is 1. The first-order chi connectivity index (χ1) is 13.7. The Bertz CT molecular complexity index is 1020. The predicted octanol–water partition coefficient (Wildman–Crippen LogP) is 2.84. The minimum atomic E-state index is -4.30. The van der Waals surface area contributed by atoms with Crippen LogP contribution in [0.4, 0.5) is 11.4 Å². The number of benzene rings is 2. The lowest BCUT2D eigenvalue weighted by Gasteiger charge is -2.24. The summed E-state index contributed by atoms with van der Waals surface area (Å²) in [6.07, 6.45) is 1.56. The number of nitro benzene ring substituents is 1. The van der Waals surface area contributed by atoms with E-state index < -0.39 is 27.5 Å². The third-order valence-electron chi connectivity index (χ3n) is 3.94. The quantitative estimate of drug-likeness (QED) is 0.265. The van der Waals surface area contributed by atoms with Crippen molar-refractivity contribution in [2.75, 3.05) is 24.6 Å². The molecule has 9 nitrogen and oxygen atoms in total. The van der Waals surface area contributed by atoms with Gasteiger partial charge in [0.05, 0.1) is 22.6 Å². The zero-order valence-electron chi connectivity index (χ0n) is 15.9. The second kappa shape index (κ2) is 9.20. The topological polar surface area (TPSA) is 116 Å².